The summed E-state index contributed by atoms with van der Waals surface area (Å²) in [4.78, 5) is 15.1. The number of aryl methyl sites for hydroxylation is 1. The molecular weight excluding hydrogens is 331 g/mol. The van der Waals surface area contributed by atoms with Crippen molar-refractivity contribution in [2.45, 2.75) is 25.3 Å². The molecule has 0 amide bonds. The van der Waals surface area contributed by atoms with Crippen molar-refractivity contribution >= 4 is 17.0 Å². The predicted octanol–water partition coefficient (Wildman–Crippen LogP) is 3.98. The van der Waals surface area contributed by atoms with Gasteiger partial charge in [-0.1, -0.05) is 6.07 Å². The Morgan fingerprint density at radius 1 is 1.42 bits per heavy atom. The first-order chi connectivity index (χ1) is 11.6. The van der Waals surface area contributed by atoms with Gasteiger partial charge < -0.3 is 0 Å². The van der Waals surface area contributed by atoms with Crippen LogP contribution in [0.2, 0.25) is 0 Å². The fraction of sp³-hybridized carbons (Fsp3) is 0.250. The average molecular weight is 344 g/mol. The molecular formula is C16H13FN4O2S. The molecule has 122 valence electrons. The quantitative estimate of drug-likeness (QED) is 0.532. The summed E-state index contributed by atoms with van der Waals surface area (Å²) in [5, 5.41) is 18.1. The van der Waals surface area contributed by atoms with Gasteiger partial charge in [-0.2, -0.15) is 5.10 Å². The summed E-state index contributed by atoms with van der Waals surface area (Å²) in [6.45, 7) is 0. The molecule has 1 aromatic carbocycles. The number of aromatic nitrogens is 3. The van der Waals surface area contributed by atoms with E-state index in [4.69, 9.17) is 0 Å². The Kier molecular flexibility index (Phi) is 3.61. The van der Waals surface area contributed by atoms with E-state index >= 15 is 0 Å². The normalized spacial score (nSPS) is 16.8. The van der Waals surface area contributed by atoms with Crippen molar-refractivity contribution in [3.63, 3.8) is 0 Å². The van der Waals surface area contributed by atoms with Gasteiger partial charge in [0.2, 0.25) is 0 Å². The van der Waals surface area contributed by atoms with E-state index in [1.54, 1.807) is 22.3 Å². The summed E-state index contributed by atoms with van der Waals surface area (Å²) in [5.41, 5.74) is 2.11. The third kappa shape index (κ3) is 2.48. The van der Waals surface area contributed by atoms with Crippen LogP contribution in [0, 0.1) is 15.9 Å². The lowest BCUT2D eigenvalue weighted by atomic mass is 9.88. The topological polar surface area (TPSA) is 73.8 Å². The SMILES string of the molecule is O=[N+]([O-])c1cn([C@@H]2CCCc3ccc(F)cc32)nc1-c1nccs1. The van der Waals surface area contributed by atoms with E-state index in [0.717, 1.165) is 30.4 Å². The monoisotopic (exact) mass is 344 g/mol. The van der Waals surface area contributed by atoms with Crippen molar-refractivity contribution in [1.82, 2.24) is 14.8 Å². The average Bonchev–Trinajstić information content (AvgIpc) is 3.23. The van der Waals surface area contributed by atoms with E-state index in [-0.39, 0.29) is 23.2 Å². The number of thiazole rings is 1. The van der Waals surface area contributed by atoms with E-state index in [2.05, 4.69) is 10.1 Å². The minimum absolute atomic E-state index is 0.0755. The molecule has 3 aromatic rings. The summed E-state index contributed by atoms with van der Waals surface area (Å²) in [6.07, 6.45) is 5.61. The number of fused-ring (bicyclic) bond motifs is 1. The summed E-state index contributed by atoms with van der Waals surface area (Å²) in [6, 6.07) is 4.55. The van der Waals surface area contributed by atoms with Crippen LogP contribution < -0.4 is 0 Å². The zero-order valence-electron chi connectivity index (χ0n) is 12.6. The van der Waals surface area contributed by atoms with Crippen LogP contribution in [0.5, 0.6) is 0 Å². The molecule has 2 aromatic heterocycles. The molecule has 0 saturated carbocycles. The third-order valence-electron chi connectivity index (χ3n) is 4.25. The fourth-order valence-corrected chi connectivity index (χ4v) is 3.82. The number of nitro groups is 1. The molecule has 1 atom stereocenters. The molecule has 1 aliphatic rings. The zero-order chi connectivity index (χ0) is 16.7. The first-order valence-electron chi connectivity index (χ1n) is 7.55. The van der Waals surface area contributed by atoms with Crippen LogP contribution in [0.3, 0.4) is 0 Å². The molecule has 0 aliphatic heterocycles. The van der Waals surface area contributed by atoms with Gasteiger partial charge in [0.25, 0.3) is 0 Å². The van der Waals surface area contributed by atoms with Crippen molar-refractivity contribution < 1.29 is 9.31 Å². The molecule has 0 spiro atoms. The number of hydrogen-bond donors (Lipinski definition) is 0. The van der Waals surface area contributed by atoms with Crippen molar-refractivity contribution in [1.29, 1.82) is 0 Å². The van der Waals surface area contributed by atoms with Crippen molar-refractivity contribution in [3.8, 4) is 10.7 Å². The molecule has 0 fully saturated rings. The maximum atomic E-state index is 13.7. The summed E-state index contributed by atoms with van der Waals surface area (Å²) in [7, 11) is 0. The largest absolute Gasteiger partial charge is 0.317 e. The molecule has 0 saturated heterocycles. The molecule has 0 radical (unpaired) electrons. The van der Waals surface area contributed by atoms with Gasteiger partial charge in [-0.3, -0.25) is 14.8 Å². The van der Waals surface area contributed by atoms with Gasteiger partial charge in [-0.05, 0) is 42.5 Å². The van der Waals surface area contributed by atoms with E-state index in [1.807, 2.05) is 0 Å². The van der Waals surface area contributed by atoms with Gasteiger partial charge in [0.15, 0.2) is 10.7 Å². The molecule has 0 bridgehead atoms. The third-order valence-corrected chi connectivity index (χ3v) is 5.03. The highest BCUT2D eigenvalue weighted by molar-refractivity contribution is 7.13. The van der Waals surface area contributed by atoms with Crippen LogP contribution in [-0.2, 0) is 6.42 Å². The lowest BCUT2D eigenvalue weighted by Crippen LogP contribution is -2.18. The Bertz CT molecular complexity index is 907. The molecule has 24 heavy (non-hydrogen) atoms. The summed E-state index contributed by atoms with van der Waals surface area (Å²) in [5.74, 6) is -0.303. The Balaban J connectivity index is 1.83. The summed E-state index contributed by atoms with van der Waals surface area (Å²) >= 11 is 1.30. The van der Waals surface area contributed by atoms with Crippen molar-refractivity contribution in [2.75, 3.05) is 0 Å². The van der Waals surface area contributed by atoms with E-state index < -0.39 is 4.92 Å². The molecule has 6 nitrogen and oxygen atoms in total. The number of halogens is 1. The smallest absolute Gasteiger partial charge is 0.258 e. The molecule has 1 aliphatic carbocycles. The second-order valence-corrected chi connectivity index (χ2v) is 6.58. The first kappa shape index (κ1) is 14.9. The van der Waals surface area contributed by atoms with Crippen LogP contribution in [0.4, 0.5) is 10.1 Å². The molecule has 0 N–H and O–H groups in total. The standard InChI is InChI=1S/C16H13FN4O2S/c17-11-5-4-10-2-1-3-13(12(10)8-11)20-9-14(21(22)23)15(19-20)16-18-6-7-24-16/h4-9,13H,1-3H2/t13-/m1/s1. The van der Waals surface area contributed by atoms with Gasteiger partial charge in [0.1, 0.15) is 12.0 Å². The lowest BCUT2D eigenvalue weighted by molar-refractivity contribution is -0.384. The van der Waals surface area contributed by atoms with Gasteiger partial charge in [0, 0.05) is 11.6 Å². The van der Waals surface area contributed by atoms with Crippen LogP contribution >= 0.6 is 11.3 Å². The Morgan fingerprint density at radius 2 is 2.29 bits per heavy atom. The molecule has 8 heteroatoms. The van der Waals surface area contributed by atoms with Crippen LogP contribution in [0.15, 0.2) is 36.0 Å². The molecule has 0 unspecified atom stereocenters. The Labute approximate surface area is 140 Å². The number of nitrogens with zero attached hydrogens (tertiary/aromatic N) is 4. The number of benzene rings is 1. The van der Waals surface area contributed by atoms with E-state index in [1.165, 1.54) is 29.7 Å². The van der Waals surface area contributed by atoms with E-state index in [9.17, 15) is 14.5 Å². The molecule has 4 rings (SSSR count). The van der Waals surface area contributed by atoms with Gasteiger partial charge in [-0.25, -0.2) is 9.37 Å². The van der Waals surface area contributed by atoms with Crippen molar-refractivity contribution in [2.24, 2.45) is 0 Å². The highest BCUT2D eigenvalue weighted by Gasteiger charge is 2.29. The zero-order valence-corrected chi connectivity index (χ0v) is 13.4. The Hall–Kier alpha value is -2.61. The van der Waals surface area contributed by atoms with Crippen LogP contribution in [0.25, 0.3) is 10.7 Å². The van der Waals surface area contributed by atoms with Crippen LogP contribution in [0.1, 0.15) is 30.0 Å². The summed E-state index contributed by atoms with van der Waals surface area (Å²) < 4.78 is 15.3. The van der Waals surface area contributed by atoms with E-state index in [0.29, 0.717) is 5.01 Å². The first-order valence-corrected chi connectivity index (χ1v) is 8.43. The van der Waals surface area contributed by atoms with Gasteiger partial charge in [0.05, 0.1) is 11.0 Å². The maximum absolute atomic E-state index is 13.7. The molecule has 2 heterocycles. The lowest BCUT2D eigenvalue weighted by Gasteiger charge is -2.25. The number of rotatable bonds is 3. The van der Waals surface area contributed by atoms with Crippen molar-refractivity contribution in [3.05, 3.63) is 63.0 Å². The highest BCUT2D eigenvalue weighted by atomic mass is 32.1. The maximum Gasteiger partial charge on any atom is 0.317 e. The minimum atomic E-state index is -0.449. The minimum Gasteiger partial charge on any atom is -0.258 e. The highest BCUT2D eigenvalue weighted by Crippen LogP contribution is 2.37. The Morgan fingerprint density at radius 3 is 3.04 bits per heavy atom. The van der Waals surface area contributed by atoms with Gasteiger partial charge >= 0.3 is 5.69 Å². The predicted molar refractivity (Wildman–Crippen MR) is 87.5 cm³/mol. The van der Waals surface area contributed by atoms with Gasteiger partial charge in [-0.15, -0.1) is 11.3 Å². The number of hydrogen-bond acceptors (Lipinski definition) is 5. The second-order valence-electron chi connectivity index (χ2n) is 5.69. The fourth-order valence-electron chi connectivity index (χ4n) is 3.19. The van der Waals surface area contributed by atoms with Crippen LogP contribution in [-0.4, -0.2) is 19.7 Å². The second kappa shape index (κ2) is 5.79.